The van der Waals surface area contributed by atoms with Crippen LogP contribution < -0.4 is 5.32 Å². The maximum Gasteiger partial charge on any atom is 0.227 e. The van der Waals surface area contributed by atoms with Crippen molar-refractivity contribution in [3.63, 3.8) is 0 Å². The van der Waals surface area contributed by atoms with Gasteiger partial charge in [0.2, 0.25) is 5.91 Å². The lowest BCUT2D eigenvalue weighted by atomic mass is 9.93. The van der Waals surface area contributed by atoms with Gasteiger partial charge in [-0.3, -0.25) is 4.79 Å². The van der Waals surface area contributed by atoms with E-state index in [0.29, 0.717) is 26.1 Å². The Balaban J connectivity index is 1.70. The number of β-amino-alcohol motifs (C(OH)–C–C–N with tert-alkyl or cyclic N) is 1. The number of nitrogens with zero attached hydrogens (tertiary/aromatic N) is 1. The Labute approximate surface area is 113 Å². The van der Waals surface area contributed by atoms with Gasteiger partial charge in [-0.2, -0.15) is 0 Å². The molecule has 2 aliphatic heterocycles. The van der Waals surface area contributed by atoms with Crippen LogP contribution in [0.25, 0.3) is 0 Å². The van der Waals surface area contributed by atoms with Gasteiger partial charge in [0.05, 0.1) is 11.5 Å². The number of benzene rings is 1. The van der Waals surface area contributed by atoms with Gasteiger partial charge in [-0.15, -0.1) is 0 Å². The zero-order valence-electron chi connectivity index (χ0n) is 11.2. The van der Waals surface area contributed by atoms with Crippen LogP contribution in [0.1, 0.15) is 18.9 Å². The zero-order chi connectivity index (χ0) is 13.5. The minimum atomic E-state index is -0.713. The van der Waals surface area contributed by atoms with Crippen LogP contribution in [-0.2, 0) is 11.2 Å². The van der Waals surface area contributed by atoms with Crippen LogP contribution in [-0.4, -0.2) is 41.1 Å². The summed E-state index contributed by atoms with van der Waals surface area (Å²) in [7, 11) is 0. The predicted molar refractivity (Wildman–Crippen MR) is 73.9 cm³/mol. The second kappa shape index (κ2) is 4.53. The lowest BCUT2D eigenvalue weighted by Crippen LogP contribution is -2.42. The van der Waals surface area contributed by atoms with E-state index >= 15 is 0 Å². The largest absolute Gasteiger partial charge is 0.388 e. The van der Waals surface area contributed by atoms with Crippen LogP contribution in [0.5, 0.6) is 0 Å². The van der Waals surface area contributed by atoms with Crippen molar-refractivity contribution in [2.45, 2.75) is 25.4 Å². The summed E-state index contributed by atoms with van der Waals surface area (Å²) in [6, 6.07) is 8.14. The van der Waals surface area contributed by atoms with Crippen molar-refractivity contribution in [3.05, 3.63) is 29.8 Å². The van der Waals surface area contributed by atoms with Crippen molar-refractivity contribution < 1.29 is 9.90 Å². The molecular weight excluding hydrogens is 240 g/mol. The molecule has 1 saturated heterocycles. The normalized spacial score (nSPS) is 29.8. The second-order valence-electron chi connectivity index (χ2n) is 5.95. The summed E-state index contributed by atoms with van der Waals surface area (Å²) >= 11 is 0. The molecule has 0 aromatic heterocycles. The van der Waals surface area contributed by atoms with Gasteiger partial charge in [0.15, 0.2) is 0 Å². The van der Waals surface area contributed by atoms with E-state index in [1.807, 2.05) is 12.1 Å². The van der Waals surface area contributed by atoms with Gasteiger partial charge >= 0.3 is 0 Å². The molecule has 102 valence electrons. The number of amides is 1. The predicted octanol–water partition coefficient (Wildman–Crippen LogP) is 1.25. The Morgan fingerprint density at radius 3 is 3.00 bits per heavy atom. The number of para-hydroxylation sites is 1. The third-order valence-electron chi connectivity index (χ3n) is 4.14. The molecule has 2 atom stereocenters. The van der Waals surface area contributed by atoms with Gasteiger partial charge < -0.3 is 15.3 Å². The molecule has 0 bridgehead atoms. The number of likely N-dealkylation sites (tertiary alicyclic amines) is 1. The summed E-state index contributed by atoms with van der Waals surface area (Å²) in [6.07, 6.45) is 1.47. The number of carbonyl (C=O) groups is 1. The Kier molecular flexibility index (Phi) is 2.97. The highest BCUT2D eigenvalue weighted by Crippen LogP contribution is 2.28. The average Bonchev–Trinajstić information content (AvgIpc) is 2.78. The van der Waals surface area contributed by atoms with Crippen LogP contribution >= 0.6 is 0 Å². The summed E-state index contributed by atoms with van der Waals surface area (Å²) in [6.45, 7) is 3.62. The van der Waals surface area contributed by atoms with E-state index in [1.165, 1.54) is 5.56 Å². The second-order valence-corrected chi connectivity index (χ2v) is 5.95. The van der Waals surface area contributed by atoms with Gasteiger partial charge in [-0.1, -0.05) is 18.2 Å². The van der Waals surface area contributed by atoms with Gasteiger partial charge in [-0.05, 0) is 31.4 Å². The lowest BCUT2D eigenvalue weighted by Gasteiger charge is -2.29. The molecule has 4 heteroatoms. The third-order valence-corrected chi connectivity index (χ3v) is 4.14. The van der Waals surface area contributed by atoms with Gasteiger partial charge in [-0.25, -0.2) is 0 Å². The first-order chi connectivity index (χ1) is 9.05. The molecule has 2 N–H and O–H groups in total. The topological polar surface area (TPSA) is 52.6 Å². The maximum atomic E-state index is 12.5. The van der Waals surface area contributed by atoms with Crippen LogP contribution in [0.2, 0.25) is 0 Å². The fourth-order valence-electron chi connectivity index (χ4n) is 3.01. The summed E-state index contributed by atoms with van der Waals surface area (Å²) in [5.41, 5.74) is 1.63. The molecule has 3 rings (SSSR count). The number of nitrogens with one attached hydrogen (secondary N) is 1. The van der Waals surface area contributed by atoms with Crippen molar-refractivity contribution in [2.75, 3.05) is 25.0 Å². The number of rotatable bonds is 1. The lowest BCUT2D eigenvalue weighted by molar-refractivity contribution is -0.135. The van der Waals surface area contributed by atoms with Crippen LogP contribution in [0.15, 0.2) is 24.3 Å². The maximum absolute atomic E-state index is 12.5. The SMILES string of the molecule is CC1(O)CCN(C(=O)C2CNc3ccccc3C2)C1. The molecule has 0 aliphatic carbocycles. The highest BCUT2D eigenvalue weighted by Gasteiger charge is 2.37. The first kappa shape index (κ1) is 12.5. The number of hydrogen-bond donors (Lipinski definition) is 2. The molecule has 2 aliphatic rings. The smallest absolute Gasteiger partial charge is 0.227 e. The zero-order valence-corrected chi connectivity index (χ0v) is 11.2. The van der Waals surface area contributed by atoms with Crippen molar-refractivity contribution in [2.24, 2.45) is 5.92 Å². The quantitative estimate of drug-likeness (QED) is 0.799. The molecule has 4 nitrogen and oxygen atoms in total. The van der Waals surface area contributed by atoms with E-state index in [2.05, 4.69) is 17.4 Å². The fourth-order valence-corrected chi connectivity index (χ4v) is 3.01. The summed E-state index contributed by atoms with van der Waals surface area (Å²) in [4.78, 5) is 14.3. The number of fused-ring (bicyclic) bond motifs is 1. The molecule has 0 radical (unpaired) electrons. The van der Waals surface area contributed by atoms with E-state index in [9.17, 15) is 9.90 Å². The van der Waals surface area contributed by atoms with Crippen molar-refractivity contribution in [3.8, 4) is 0 Å². The molecule has 19 heavy (non-hydrogen) atoms. The van der Waals surface area contributed by atoms with Crippen molar-refractivity contribution >= 4 is 11.6 Å². The molecule has 0 spiro atoms. The minimum Gasteiger partial charge on any atom is -0.388 e. The van der Waals surface area contributed by atoms with Gasteiger partial charge in [0, 0.05) is 25.3 Å². The molecule has 2 unspecified atom stereocenters. The van der Waals surface area contributed by atoms with Crippen molar-refractivity contribution in [1.82, 2.24) is 4.90 Å². The number of aliphatic hydroxyl groups is 1. The van der Waals surface area contributed by atoms with E-state index in [4.69, 9.17) is 0 Å². The minimum absolute atomic E-state index is 0.0104. The first-order valence-electron chi connectivity index (χ1n) is 6.88. The van der Waals surface area contributed by atoms with Gasteiger partial charge in [0.25, 0.3) is 0 Å². The third kappa shape index (κ3) is 2.45. The summed E-state index contributed by atoms with van der Waals surface area (Å²) < 4.78 is 0. The summed E-state index contributed by atoms with van der Waals surface area (Å²) in [5.74, 6) is 0.156. The van der Waals surface area contributed by atoms with Gasteiger partial charge in [0.1, 0.15) is 0 Å². The summed E-state index contributed by atoms with van der Waals surface area (Å²) in [5, 5.41) is 13.3. The van der Waals surface area contributed by atoms with E-state index < -0.39 is 5.60 Å². The highest BCUT2D eigenvalue weighted by molar-refractivity contribution is 5.81. The van der Waals surface area contributed by atoms with Crippen LogP contribution in [0.3, 0.4) is 0 Å². The molecular formula is C15H20N2O2. The monoisotopic (exact) mass is 260 g/mol. The Morgan fingerprint density at radius 2 is 2.26 bits per heavy atom. The first-order valence-corrected chi connectivity index (χ1v) is 6.88. The number of anilines is 1. The Hall–Kier alpha value is -1.55. The van der Waals surface area contributed by atoms with E-state index in [1.54, 1.807) is 11.8 Å². The number of hydrogen-bond acceptors (Lipinski definition) is 3. The number of carbonyl (C=O) groups excluding carboxylic acids is 1. The van der Waals surface area contributed by atoms with E-state index in [0.717, 1.165) is 12.1 Å². The molecule has 1 fully saturated rings. The highest BCUT2D eigenvalue weighted by atomic mass is 16.3. The van der Waals surface area contributed by atoms with Crippen LogP contribution in [0.4, 0.5) is 5.69 Å². The van der Waals surface area contributed by atoms with Crippen LogP contribution in [0, 0.1) is 5.92 Å². The molecule has 1 aromatic carbocycles. The molecule has 0 saturated carbocycles. The Morgan fingerprint density at radius 1 is 1.47 bits per heavy atom. The molecule has 2 heterocycles. The average molecular weight is 260 g/mol. The molecule has 1 amide bonds. The fraction of sp³-hybridized carbons (Fsp3) is 0.533. The molecule has 1 aromatic rings. The van der Waals surface area contributed by atoms with E-state index in [-0.39, 0.29) is 11.8 Å². The Bertz CT molecular complexity index is 499. The van der Waals surface area contributed by atoms with Crippen molar-refractivity contribution in [1.29, 1.82) is 0 Å². The standard InChI is InChI=1S/C15H20N2O2/c1-15(19)6-7-17(10-15)14(18)12-8-11-4-2-3-5-13(11)16-9-12/h2-5,12,16,19H,6-10H2,1H3.